The van der Waals surface area contributed by atoms with Gasteiger partial charge in [0.2, 0.25) is 0 Å². The number of nitrogens with zero attached hydrogens (tertiary/aromatic N) is 3. The van der Waals surface area contributed by atoms with Crippen LogP contribution < -0.4 is 0 Å². The molecule has 9 rings (SSSR count). The maximum absolute atomic E-state index is 4.78. The van der Waals surface area contributed by atoms with E-state index in [1.807, 2.05) is 37.3 Å². The molecule has 0 saturated carbocycles. The summed E-state index contributed by atoms with van der Waals surface area (Å²) in [5.74, 6) is 2.17. The van der Waals surface area contributed by atoms with Crippen LogP contribution in [-0.2, 0) is 11.8 Å². The Bertz CT molecular complexity index is 2530. The predicted octanol–water partition coefficient (Wildman–Crippen LogP) is 12.4. The van der Waals surface area contributed by atoms with E-state index in [1.54, 1.807) is 11.3 Å². The minimum atomic E-state index is 0.0828. The Balaban J connectivity index is 0.000000145. The molecule has 0 aliphatic heterocycles. The van der Waals surface area contributed by atoms with Crippen molar-refractivity contribution in [3.63, 3.8) is 0 Å². The maximum Gasteiger partial charge on any atom is 0.165 e. The van der Waals surface area contributed by atoms with Crippen LogP contribution in [0.1, 0.15) is 48.8 Å². The zero-order chi connectivity index (χ0) is 34.4. The van der Waals surface area contributed by atoms with Crippen LogP contribution in [0.3, 0.4) is 0 Å². The lowest BCUT2D eigenvalue weighted by atomic mass is 9.81. The maximum atomic E-state index is 4.78. The average Bonchev–Trinajstić information content (AvgIpc) is 3.64. The lowest BCUT2D eigenvalue weighted by Gasteiger charge is -2.22. The van der Waals surface area contributed by atoms with Gasteiger partial charge in [-0.1, -0.05) is 136 Å². The summed E-state index contributed by atoms with van der Waals surface area (Å²) >= 11 is 1.79. The topological polar surface area (TPSA) is 38.7 Å². The first kappa shape index (κ1) is 31.8. The lowest BCUT2D eigenvalue weighted by Crippen LogP contribution is -2.15. The van der Waals surface area contributed by atoms with Crippen LogP contribution in [0.4, 0.5) is 0 Å². The van der Waals surface area contributed by atoms with Crippen LogP contribution in [0.15, 0.2) is 133 Å². The molecule has 0 bridgehead atoms. The van der Waals surface area contributed by atoms with Crippen molar-refractivity contribution in [3.8, 4) is 45.0 Å². The fourth-order valence-corrected chi connectivity index (χ4v) is 8.69. The van der Waals surface area contributed by atoms with E-state index in [2.05, 4.69) is 141 Å². The Labute approximate surface area is 298 Å². The fraction of sp³-hybridized carbons (Fsp3) is 0.152. The third-order valence-corrected chi connectivity index (χ3v) is 11.3. The van der Waals surface area contributed by atoms with Crippen molar-refractivity contribution in [2.24, 2.45) is 0 Å². The number of rotatable bonds is 4. The molecule has 0 fully saturated rings. The molecule has 3 nitrogen and oxygen atoms in total. The summed E-state index contributed by atoms with van der Waals surface area (Å²) in [5, 5.41) is 2.53. The van der Waals surface area contributed by atoms with Gasteiger partial charge in [-0.2, -0.15) is 0 Å². The molecule has 0 amide bonds. The Morgan fingerprint density at radius 3 is 2.02 bits per heavy atom. The summed E-state index contributed by atoms with van der Waals surface area (Å²) in [5.41, 5.74) is 13.4. The van der Waals surface area contributed by atoms with Crippen LogP contribution >= 0.6 is 11.3 Å². The van der Waals surface area contributed by atoms with Gasteiger partial charge in [0, 0.05) is 36.7 Å². The molecule has 6 aromatic carbocycles. The fourth-order valence-electron chi connectivity index (χ4n) is 7.48. The third kappa shape index (κ3) is 5.50. The highest BCUT2D eigenvalue weighted by Gasteiger charge is 2.35. The van der Waals surface area contributed by atoms with E-state index in [0.29, 0.717) is 5.82 Å². The molecule has 0 N–H and O–H groups in total. The van der Waals surface area contributed by atoms with Gasteiger partial charge in [-0.05, 0) is 83.0 Å². The van der Waals surface area contributed by atoms with E-state index in [0.717, 1.165) is 29.2 Å². The van der Waals surface area contributed by atoms with E-state index in [9.17, 15) is 0 Å². The van der Waals surface area contributed by atoms with Crippen molar-refractivity contribution in [2.75, 3.05) is 0 Å². The van der Waals surface area contributed by atoms with Crippen LogP contribution in [0.25, 0.3) is 65.2 Å². The Kier molecular flexibility index (Phi) is 8.13. The largest absolute Gasteiger partial charge is 0.213 e. The van der Waals surface area contributed by atoms with E-state index in [4.69, 9.17) is 4.98 Å². The number of hydrogen-bond acceptors (Lipinski definition) is 4. The minimum absolute atomic E-state index is 0.0828. The molecule has 4 heteroatoms. The first-order chi connectivity index (χ1) is 24.3. The molecule has 244 valence electrons. The average molecular weight is 666 g/mol. The van der Waals surface area contributed by atoms with E-state index in [1.165, 1.54) is 64.7 Å². The second-order valence-corrected chi connectivity index (χ2v) is 14.6. The van der Waals surface area contributed by atoms with Gasteiger partial charge in [0.05, 0.1) is 0 Å². The number of hydrogen-bond donors (Lipinski definition) is 0. The highest BCUT2D eigenvalue weighted by Crippen LogP contribution is 2.50. The first-order valence-corrected chi connectivity index (χ1v) is 18.2. The van der Waals surface area contributed by atoms with E-state index < -0.39 is 0 Å². The summed E-state index contributed by atoms with van der Waals surface area (Å²) in [6.07, 6.45) is 1.06. The second-order valence-electron chi connectivity index (χ2n) is 13.6. The summed E-state index contributed by atoms with van der Waals surface area (Å²) in [7, 11) is 0. The standard InChI is InChI=1S/C24H24.C22H15N3S/c1-5-17-10-6-7-11-18(17)20-15-21-19-12-8-9-13-22(19)24(3,4)23(21)14-16(20)2;1-14-23-21(15-8-3-2-4-9-15)25-22(24-14)18-12-7-11-17-16-10-5-6-13-19(16)26-20(17)18/h6-15H,5H2,1-4H3;2-13H,1H3. The summed E-state index contributed by atoms with van der Waals surface area (Å²) < 4.78 is 2.50. The number of benzene rings is 6. The molecule has 0 spiro atoms. The van der Waals surface area contributed by atoms with Crippen LogP contribution in [-0.4, -0.2) is 15.0 Å². The van der Waals surface area contributed by atoms with Crippen molar-refractivity contribution in [2.45, 2.75) is 46.5 Å². The normalized spacial score (nSPS) is 12.7. The highest BCUT2D eigenvalue weighted by molar-refractivity contribution is 7.26. The van der Waals surface area contributed by atoms with Crippen molar-refractivity contribution in [1.29, 1.82) is 0 Å². The monoisotopic (exact) mass is 665 g/mol. The van der Waals surface area contributed by atoms with Gasteiger partial charge < -0.3 is 0 Å². The summed E-state index contributed by atoms with van der Waals surface area (Å²) in [4.78, 5) is 13.9. The zero-order valence-electron chi connectivity index (χ0n) is 29.2. The molecule has 1 aliphatic rings. The SMILES string of the molecule is CCc1ccccc1-c1cc2c(cc1C)C(C)(C)c1ccccc1-2.Cc1nc(-c2ccccc2)nc(-c2cccc3c2sc2ccccc23)n1. The smallest absolute Gasteiger partial charge is 0.165 e. The summed E-state index contributed by atoms with van der Waals surface area (Å²) in [6, 6.07) is 47.4. The molecule has 0 saturated heterocycles. The Morgan fingerprint density at radius 1 is 0.540 bits per heavy atom. The van der Waals surface area contributed by atoms with Crippen molar-refractivity contribution in [1.82, 2.24) is 15.0 Å². The van der Waals surface area contributed by atoms with Gasteiger partial charge in [-0.25, -0.2) is 15.0 Å². The molecular formula is C46H39N3S. The van der Waals surface area contributed by atoms with Crippen LogP contribution in [0.5, 0.6) is 0 Å². The second kappa shape index (κ2) is 12.8. The number of thiophene rings is 1. The van der Waals surface area contributed by atoms with Gasteiger partial charge in [0.15, 0.2) is 11.6 Å². The molecule has 0 atom stereocenters. The summed E-state index contributed by atoms with van der Waals surface area (Å²) in [6.45, 7) is 11.1. The molecule has 0 radical (unpaired) electrons. The molecule has 0 unspecified atom stereocenters. The van der Waals surface area contributed by atoms with Gasteiger partial charge in [-0.3, -0.25) is 0 Å². The van der Waals surface area contributed by atoms with E-state index in [-0.39, 0.29) is 5.41 Å². The molecule has 2 heterocycles. The molecule has 50 heavy (non-hydrogen) atoms. The first-order valence-electron chi connectivity index (χ1n) is 17.4. The van der Waals surface area contributed by atoms with Crippen molar-refractivity contribution >= 4 is 31.5 Å². The van der Waals surface area contributed by atoms with Crippen molar-refractivity contribution in [3.05, 3.63) is 162 Å². The van der Waals surface area contributed by atoms with Gasteiger partial charge >= 0.3 is 0 Å². The Hall–Kier alpha value is -5.45. The number of aryl methyl sites for hydroxylation is 3. The van der Waals surface area contributed by atoms with Gasteiger partial charge in [0.25, 0.3) is 0 Å². The molecule has 1 aliphatic carbocycles. The molecule has 2 aromatic heterocycles. The number of aromatic nitrogens is 3. The van der Waals surface area contributed by atoms with Crippen LogP contribution in [0.2, 0.25) is 0 Å². The van der Waals surface area contributed by atoms with Crippen molar-refractivity contribution < 1.29 is 0 Å². The zero-order valence-corrected chi connectivity index (χ0v) is 30.0. The molecule has 8 aromatic rings. The Morgan fingerprint density at radius 2 is 1.20 bits per heavy atom. The minimum Gasteiger partial charge on any atom is -0.213 e. The van der Waals surface area contributed by atoms with Gasteiger partial charge in [-0.15, -0.1) is 11.3 Å². The molecular weight excluding hydrogens is 627 g/mol. The lowest BCUT2D eigenvalue weighted by molar-refractivity contribution is 0.660. The number of fused-ring (bicyclic) bond motifs is 6. The predicted molar refractivity (Wildman–Crippen MR) is 212 cm³/mol. The third-order valence-electron chi connectivity index (χ3n) is 10.0. The van der Waals surface area contributed by atoms with Crippen LogP contribution in [0, 0.1) is 13.8 Å². The van der Waals surface area contributed by atoms with Gasteiger partial charge in [0.1, 0.15) is 5.82 Å². The highest BCUT2D eigenvalue weighted by atomic mass is 32.1. The quantitative estimate of drug-likeness (QED) is 0.188. The van der Waals surface area contributed by atoms with E-state index >= 15 is 0 Å².